The molecule has 2 atom stereocenters. The Bertz CT molecular complexity index is 470. The molecule has 1 aromatic rings. The molecule has 3 nitrogen and oxygen atoms in total. The van der Waals surface area contributed by atoms with E-state index in [0.29, 0.717) is 12.1 Å². The summed E-state index contributed by atoms with van der Waals surface area (Å²) >= 11 is 0. The summed E-state index contributed by atoms with van der Waals surface area (Å²) in [7, 11) is 6.12. The maximum absolute atomic E-state index is 5.35. The topological polar surface area (TPSA) is 24.5 Å². The monoisotopic (exact) mass is 274 g/mol. The third kappa shape index (κ3) is 2.70. The van der Waals surface area contributed by atoms with Gasteiger partial charge in [-0.25, -0.2) is 0 Å². The molecule has 2 aliphatic carbocycles. The van der Waals surface area contributed by atoms with Crippen molar-refractivity contribution in [2.75, 3.05) is 27.7 Å². The third-order valence-electron chi connectivity index (χ3n) is 4.90. The molecule has 2 unspecified atom stereocenters. The molecule has 20 heavy (non-hydrogen) atoms. The molecule has 3 rings (SSSR count). The molecular weight excluding hydrogens is 248 g/mol. The highest BCUT2D eigenvalue weighted by molar-refractivity contribution is 5.40. The van der Waals surface area contributed by atoms with E-state index < -0.39 is 0 Å². The van der Waals surface area contributed by atoms with Crippen LogP contribution in [0.1, 0.15) is 36.4 Å². The summed E-state index contributed by atoms with van der Waals surface area (Å²) in [5, 5.41) is 3.54. The van der Waals surface area contributed by atoms with Crippen LogP contribution in [-0.4, -0.2) is 38.7 Å². The van der Waals surface area contributed by atoms with Gasteiger partial charge in [-0.3, -0.25) is 0 Å². The zero-order valence-corrected chi connectivity index (χ0v) is 12.9. The Morgan fingerprint density at radius 2 is 2.10 bits per heavy atom. The maximum atomic E-state index is 5.35. The Morgan fingerprint density at radius 3 is 2.75 bits per heavy atom. The smallest absolute Gasteiger partial charge is 0.119 e. The van der Waals surface area contributed by atoms with Crippen molar-refractivity contribution in [3.8, 4) is 5.75 Å². The highest BCUT2D eigenvalue weighted by Gasteiger charge is 2.33. The summed E-state index contributed by atoms with van der Waals surface area (Å²) in [4.78, 5) is 2.58. The summed E-state index contributed by atoms with van der Waals surface area (Å²) in [6.45, 7) is 1.26. The van der Waals surface area contributed by atoms with Gasteiger partial charge in [-0.2, -0.15) is 0 Å². The van der Waals surface area contributed by atoms with Gasteiger partial charge in [0.2, 0.25) is 0 Å². The lowest BCUT2D eigenvalue weighted by Crippen LogP contribution is -2.45. The number of likely N-dealkylation sites (N-methyl/N-ethyl adjacent to an activating group) is 2. The fraction of sp³-hybridized carbons (Fsp3) is 0.647. The summed E-state index contributed by atoms with van der Waals surface area (Å²) in [6.07, 6.45) is 5.24. The SMILES string of the molecule is CNC1c2ccc(OC)cc2CCC1N(C)CC1CC1. The van der Waals surface area contributed by atoms with Gasteiger partial charge in [0.25, 0.3) is 0 Å². The molecule has 0 radical (unpaired) electrons. The molecule has 1 N–H and O–H groups in total. The first-order valence-corrected chi connectivity index (χ1v) is 7.77. The van der Waals surface area contributed by atoms with E-state index >= 15 is 0 Å². The Morgan fingerprint density at radius 1 is 1.30 bits per heavy atom. The molecule has 0 aromatic heterocycles. The lowest BCUT2D eigenvalue weighted by atomic mass is 9.83. The number of ether oxygens (including phenoxy) is 1. The molecule has 0 heterocycles. The number of hydrogen-bond acceptors (Lipinski definition) is 3. The predicted molar refractivity (Wildman–Crippen MR) is 82.3 cm³/mol. The van der Waals surface area contributed by atoms with Crippen molar-refractivity contribution in [2.24, 2.45) is 5.92 Å². The number of methoxy groups -OCH3 is 1. The quantitative estimate of drug-likeness (QED) is 0.893. The van der Waals surface area contributed by atoms with Crippen LogP contribution in [-0.2, 0) is 6.42 Å². The van der Waals surface area contributed by atoms with Gasteiger partial charge in [-0.05, 0) is 69.0 Å². The number of rotatable bonds is 5. The van der Waals surface area contributed by atoms with Gasteiger partial charge in [0, 0.05) is 18.6 Å². The molecule has 2 aliphatic rings. The minimum atomic E-state index is 0.438. The largest absolute Gasteiger partial charge is 0.497 e. The Labute approximate surface area is 122 Å². The molecule has 1 fully saturated rings. The van der Waals surface area contributed by atoms with E-state index in [-0.39, 0.29) is 0 Å². The van der Waals surface area contributed by atoms with E-state index in [9.17, 15) is 0 Å². The van der Waals surface area contributed by atoms with Gasteiger partial charge < -0.3 is 15.0 Å². The van der Waals surface area contributed by atoms with Crippen LogP contribution in [0.3, 0.4) is 0 Å². The molecule has 3 heteroatoms. The molecule has 1 saturated carbocycles. The second kappa shape index (κ2) is 5.74. The van der Waals surface area contributed by atoms with Crippen LogP contribution in [0.15, 0.2) is 18.2 Å². The van der Waals surface area contributed by atoms with Gasteiger partial charge >= 0.3 is 0 Å². The number of aryl methyl sites for hydroxylation is 1. The molecular formula is C17H26N2O. The molecule has 0 amide bonds. The van der Waals surface area contributed by atoms with Gasteiger partial charge in [0.15, 0.2) is 0 Å². The van der Waals surface area contributed by atoms with Crippen LogP contribution < -0.4 is 10.1 Å². The Balaban J connectivity index is 1.81. The van der Waals surface area contributed by atoms with Crippen molar-refractivity contribution in [3.63, 3.8) is 0 Å². The Hall–Kier alpha value is -1.06. The van der Waals surface area contributed by atoms with Crippen LogP contribution in [0.2, 0.25) is 0 Å². The second-order valence-corrected chi connectivity index (χ2v) is 6.32. The number of fused-ring (bicyclic) bond motifs is 1. The molecule has 1 aromatic carbocycles. The van der Waals surface area contributed by atoms with Gasteiger partial charge in [0.05, 0.1) is 7.11 Å². The number of nitrogens with one attached hydrogen (secondary N) is 1. The Kier molecular flexibility index (Phi) is 3.99. The van der Waals surface area contributed by atoms with E-state index in [2.05, 4.69) is 42.5 Å². The number of benzene rings is 1. The first-order valence-electron chi connectivity index (χ1n) is 7.77. The van der Waals surface area contributed by atoms with E-state index in [1.807, 2.05) is 0 Å². The summed E-state index contributed by atoms with van der Waals surface area (Å²) in [6, 6.07) is 7.59. The van der Waals surface area contributed by atoms with Crippen molar-refractivity contribution in [2.45, 2.75) is 37.8 Å². The maximum Gasteiger partial charge on any atom is 0.119 e. The summed E-state index contributed by atoms with van der Waals surface area (Å²) in [5.74, 6) is 1.93. The van der Waals surface area contributed by atoms with Gasteiger partial charge in [-0.15, -0.1) is 0 Å². The number of nitrogens with zero attached hydrogens (tertiary/aromatic N) is 1. The lowest BCUT2D eigenvalue weighted by Gasteiger charge is -2.39. The highest BCUT2D eigenvalue weighted by Crippen LogP contribution is 2.36. The average molecular weight is 274 g/mol. The zero-order chi connectivity index (χ0) is 14.1. The molecule has 0 aliphatic heterocycles. The summed E-state index contributed by atoms with van der Waals surface area (Å²) < 4.78 is 5.35. The van der Waals surface area contributed by atoms with Crippen LogP contribution in [0.5, 0.6) is 5.75 Å². The standard InChI is InChI=1S/C17H26N2O/c1-18-17-15-8-7-14(20-3)10-13(15)6-9-16(17)19(2)11-12-4-5-12/h7-8,10,12,16-18H,4-6,9,11H2,1-3H3. The van der Waals surface area contributed by atoms with E-state index in [1.165, 1.54) is 36.9 Å². The molecule has 0 saturated heterocycles. The number of hydrogen-bond donors (Lipinski definition) is 1. The minimum absolute atomic E-state index is 0.438. The van der Waals surface area contributed by atoms with E-state index in [4.69, 9.17) is 4.74 Å². The van der Waals surface area contributed by atoms with Crippen molar-refractivity contribution in [1.82, 2.24) is 10.2 Å². The average Bonchev–Trinajstić information content (AvgIpc) is 3.29. The molecule has 0 spiro atoms. The first kappa shape index (κ1) is 13.9. The van der Waals surface area contributed by atoms with Crippen molar-refractivity contribution < 1.29 is 4.74 Å². The van der Waals surface area contributed by atoms with Crippen LogP contribution >= 0.6 is 0 Å². The summed E-state index contributed by atoms with van der Waals surface area (Å²) in [5.41, 5.74) is 2.90. The van der Waals surface area contributed by atoms with Crippen molar-refractivity contribution in [1.29, 1.82) is 0 Å². The second-order valence-electron chi connectivity index (χ2n) is 6.32. The van der Waals surface area contributed by atoms with Gasteiger partial charge in [0.1, 0.15) is 5.75 Å². The highest BCUT2D eigenvalue weighted by atomic mass is 16.5. The fourth-order valence-electron chi connectivity index (χ4n) is 3.57. The van der Waals surface area contributed by atoms with Crippen LogP contribution in [0.25, 0.3) is 0 Å². The lowest BCUT2D eigenvalue weighted by molar-refractivity contribution is 0.171. The van der Waals surface area contributed by atoms with Crippen molar-refractivity contribution in [3.05, 3.63) is 29.3 Å². The normalized spacial score (nSPS) is 25.6. The predicted octanol–water partition coefficient (Wildman–Crippen LogP) is 2.61. The molecule has 110 valence electrons. The van der Waals surface area contributed by atoms with E-state index in [1.54, 1.807) is 7.11 Å². The first-order chi connectivity index (χ1) is 9.72. The zero-order valence-electron chi connectivity index (χ0n) is 12.9. The van der Waals surface area contributed by atoms with Gasteiger partial charge in [-0.1, -0.05) is 6.07 Å². The van der Waals surface area contributed by atoms with Crippen LogP contribution in [0, 0.1) is 5.92 Å². The third-order valence-corrected chi connectivity index (χ3v) is 4.90. The molecule has 0 bridgehead atoms. The fourth-order valence-corrected chi connectivity index (χ4v) is 3.57. The minimum Gasteiger partial charge on any atom is -0.497 e. The van der Waals surface area contributed by atoms with E-state index in [0.717, 1.165) is 18.1 Å². The van der Waals surface area contributed by atoms with Crippen LogP contribution in [0.4, 0.5) is 0 Å². The van der Waals surface area contributed by atoms with Crippen molar-refractivity contribution >= 4 is 0 Å².